The molecule has 1 aliphatic carbocycles. The summed E-state index contributed by atoms with van der Waals surface area (Å²) < 4.78 is 40.7. The van der Waals surface area contributed by atoms with Gasteiger partial charge in [0.05, 0.1) is 41.8 Å². The van der Waals surface area contributed by atoms with E-state index in [1.807, 2.05) is 25.2 Å². The van der Waals surface area contributed by atoms with Crippen LogP contribution in [0.25, 0.3) is 0 Å². The molecule has 0 radical (unpaired) electrons. The van der Waals surface area contributed by atoms with Gasteiger partial charge in [-0.05, 0) is 101 Å². The molecule has 0 saturated carbocycles. The number of likely N-dealkylation sites (tertiary alicyclic amines) is 1. The summed E-state index contributed by atoms with van der Waals surface area (Å²) >= 11 is 8.97. The zero-order valence-electron chi connectivity index (χ0n) is 55.0. The molecule has 514 valence electrons. The van der Waals surface area contributed by atoms with Crippen LogP contribution in [0.15, 0.2) is 66.3 Å². The van der Waals surface area contributed by atoms with Crippen LogP contribution in [0.2, 0.25) is 5.02 Å². The van der Waals surface area contributed by atoms with Crippen LogP contribution in [-0.2, 0) is 65.4 Å². The number of nitrogens with zero attached hydrogens (tertiary/aromatic N) is 5. The summed E-state index contributed by atoms with van der Waals surface area (Å²) in [5.41, 5.74) is -0.798. The number of alkyl carbamates (subject to hydrolysis) is 1. The second-order valence-electron chi connectivity index (χ2n) is 24.2. The van der Waals surface area contributed by atoms with E-state index in [2.05, 4.69) is 16.0 Å². The molecule has 4 bridgehead atoms. The van der Waals surface area contributed by atoms with Crippen LogP contribution in [0.1, 0.15) is 107 Å². The number of thioether (sulfide) groups is 2. The van der Waals surface area contributed by atoms with Crippen molar-refractivity contribution in [1.29, 1.82) is 0 Å². The summed E-state index contributed by atoms with van der Waals surface area (Å²) in [7, 11) is 8.80. The van der Waals surface area contributed by atoms with E-state index in [1.54, 1.807) is 50.5 Å². The molecule has 2 unspecified atom stereocenters. The third-order valence-corrected chi connectivity index (χ3v) is 19.7. The number of hydrogen-bond acceptors (Lipinski definition) is 20. The van der Waals surface area contributed by atoms with Crippen molar-refractivity contribution in [3.63, 3.8) is 0 Å². The molecule has 7 rings (SSSR count). The van der Waals surface area contributed by atoms with Gasteiger partial charge in [0, 0.05) is 92.4 Å². The lowest BCUT2D eigenvalue weighted by atomic mass is 9.83. The summed E-state index contributed by atoms with van der Waals surface area (Å²) in [4.78, 5) is 140. The van der Waals surface area contributed by atoms with Gasteiger partial charge in [-0.3, -0.25) is 44.3 Å². The Labute approximate surface area is 561 Å². The number of amides is 9. The van der Waals surface area contributed by atoms with E-state index in [-0.39, 0.29) is 85.9 Å². The number of hydrogen-bond donors (Lipinski definition) is 4. The third-order valence-electron chi connectivity index (χ3n) is 17.5. The molecule has 3 fully saturated rings. The summed E-state index contributed by atoms with van der Waals surface area (Å²) in [6.45, 7) is 6.47. The number of esters is 1. The minimum Gasteiger partial charge on any atom is -0.495 e. The zero-order valence-corrected chi connectivity index (χ0v) is 57.4. The monoisotopic (exact) mass is 1370 g/mol. The van der Waals surface area contributed by atoms with E-state index in [4.69, 9.17) is 44.8 Å². The molecule has 29 heteroatoms. The van der Waals surface area contributed by atoms with Crippen LogP contribution in [0.3, 0.4) is 0 Å². The number of imide groups is 1. The van der Waals surface area contributed by atoms with Gasteiger partial charge in [0.25, 0.3) is 11.1 Å². The third kappa shape index (κ3) is 19.0. The molecule has 10 atom stereocenters. The SMILES string of the molecule is COc1cc2cc(c1Cl)N(C)C(=O)C[C@H](OC(=O)[C@H](C)N(C)C(=O)CCSC(=O)N(C)CCN(C)C(=O)OCc1ccc(NC(=O)OC3/C=C/CCCCC3)c(C(=O)NCCN3C(=O)CC(SC)C3=O)c1)[C@]1(C)O[C@H]1[C@H](C)[C@@H]1C[C@@](O)(NC(=O)O1)[C@H](OC)/C=C/C=C(\C)C2. The first-order valence-electron chi connectivity index (χ1n) is 31.1. The predicted octanol–water partition coefficient (Wildman–Crippen LogP) is 7.62. The zero-order chi connectivity index (χ0) is 68.8. The first-order valence-corrected chi connectivity index (χ1v) is 33.8. The van der Waals surface area contributed by atoms with E-state index in [9.17, 15) is 53.1 Å². The average Bonchev–Trinajstić information content (AvgIpc) is 1.57. The average molecular weight is 1370 g/mol. The lowest BCUT2D eigenvalue weighted by Crippen LogP contribution is -2.63. The fourth-order valence-electron chi connectivity index (χ4n) is 11.4. The number of epoxide rings is 1. The Balaban J connectivity index is 0.928. The summed E-state index contributed by atoms with van der Waals surface area (Å²) in [5, 5.41) is 19.1. The minimum absolute atomic E-state index is 0.00911. The van der Waals surface area contributed by atoms with Crippen LogP contribution in [0.5, 0.6) is 5.75 Å². The van der Waals surface area contributed by atoms with Crippen molar-refractivity contribution < 1.29 is 86.2 Å². The molecular formula is C65H87ClN8O18S2. The van der Waals surface area contributed by atoms with Gasteiger partial charge in [0.2, 0.25) is 23.6 Å². The number of methoxy groups -OCH3 is 2. The maximum absolute atomic E-state index is 14.5. The van der Waals surface area contributed by atoms with Crippen molar-refractivity contribution in [3.05, 3.63) is 88.0 Å². The Hall–Kier alpha value is -7.37. The number of benzene rings is 2. The molecule has 4 N–H and O–H groups in total. The number of fused-ring (bicyclic) bond motifs is 5. The Bertz CT molecular complexity index is 3260. The standard InChI is InChI=1S/C65H87ClN8O18S2/c1-38-18-17-21-50(87-10)65(85)36-48(90-61(82)69-65)39(2)56-64(4,92-56)51(35-53(76)73(8)46-32-42(30-38)33-47(86-9)55(46)66)91-59(80)40(3)72(7)52(75)24-29-94-63(84)71(6)28-27-70(5)62(83)88-37-41-22-23-45(68-60(81)89-43-19-15-13-12-14-16-20-43)44(31-41)57(78)67-25-26-74-54(77)34-49(93-11)58(74)79/h15,17-19,21-23,31-33,39-40,43,48-51,56,85H,12-14,16,20,24-30,34-37H2,1-11H3,(H,67,78)(H,68,81)(H,69,82)/b19-15+,21-17+,38-18+/t39-,40+,43?,48+,49?,50-,51+,56+,64+,65+/m1/s1. The highest BCUT2D eigenvalue weighted by atomic mass is 35.5. The van der Waals surface area contributed by atoms with Crippen molar-refractivity contribution in [2.24, 2.45) is 5.92 Å². The van der Waals surface area contributed by atoms with Gasteiger partial charge in [-0.1, -0.05) is 72.7 Å². The number of halogens is 1. The first-order chi connectivity index (χ1) is 44.6. The lowest BCUT2D eigenvalue weighted by molar-refractivity contribution is -0.162. The van der Waals surface area contributed by atoms with Gasteiger partial charge in [-0.2, -0.15) is 11.8 Å². The topological polar surface area (TPSA) is 311 Å². The number of anilines is 2. The second-order valence-corrected chi connectivity index (χ2v) is 26.7. The van der Waals surface area contributed by atoms with Gasteiger partial charge in [0.15, 0.2) is 5.72 Å². The molecule has 2 aromatic rings. The molecule has 2 aromatic carbocycles. The largest absolute Gasteiger partial charge is 0.495 e. The second kappa shape index (κ2) is 33.3. The predicted molar refractivity (Wildman–Crippen MR) is 352 cm³/mol. The molecule has 5 aliphatic rings. The first kappa shape index (κ1) is 74.0. The van der Waals surface area contributed by atoms with Crippen LogP contribution in [-0.4, -0.2) is 217 Å². The number of allylic oxidation sites excluding steroid dienone is 4. The molecule has 26 nitrogen and oxygen atoms in total. The fourth-order valence-corrected chi connectivity index (χ4v) is 13.1. The number of ether oxygens (including phenoxy) is 7. The Morgan fingerprint density at radius 3 is 2.43 bits per heavy atom. The van der Waals surface area contributed by atoms with Crippen molar-refractivity contribution in [2.75, 3.05) is 90.8 Å². The maximum Gasteiger partial charge on any atom is 0.412 e. The molecule has 3 saturated heterocycles. The molecule has 4 aliphatic heterocycles. The quantitative estimate of drug-likeness (QED) is 0.0326. The van der Waals surface area contributed by atoms with Crippen LogP contribution < -0.4 is 25.6 Å². The summed E-state index contributed by atoms with van der Waals surface area (Å²) in [6, 6.07) is 6.80. The summed E-state index contributed by atoms with van der Waals surface area (Å²) in [5.74, 6) is -3.48. The number of aliphatic hydroxyl groups is 1. The Morgan fingerprint density at radius 2 is 1.71 bits per heavy atom. The molecule has 94 heavy (non-hydrogen) atoms. The van der Waals surface area contributed by atoms with Crippen molar-refractivity contribution >= 4 is 106 Å². The van der Waals surface area contributed by atoms with Crippen LogP contribution in [0, 0.1) is 5.92 Å². The molecule has 4 heterocycles. The molecule has 0 aromatic heterocycles. The number of rotatable bonds is 20. The van der Waals surface area contributed by atoms with Crippen molar-refractivity contribution in [1.82, 2.24) is 30.2 Å². The normalized spacial score (nSPS) is 26.3. The van der Waals surface area contributed by atoms with Gasteiger partial charge in [0.1, 0.15) is 53.4 Å². The van der Waals surface area contributed by atoms with E-state index in [0.717, 1.165) is 53.5 Å². The summed E-state index contributed by atoms with van der Waals surface area (Å²) in [6.07, 6.45) is 8.08. The highest BCUT2D eigenvalue weighted by molar-refractivity contribution is 8.13. The number of likely N-dealkylation sites (N-methyl/N-ethyl adjacent to an activating group) is 3. The number of carbonyl (C=O) groups excluding carboxylic acids is 10. The van der Waals surface area contributed by atoms with E-state index >= 15 is 0 Å². The molecule has 0 spiro atoms. The Kier molecular flexibility index (Phi) is 26.3. The van der Waals surface area contributed by atoms with Crippen molar-refractivity contribution in [2.45, 2.75) is 152 Å². The minimum atomic E-state index is -1.91. The van der Waals surface area contributed by atoms with Crippen LogP contribution in [0.4, 0.5) is 30.6 Å². The van der Waals surface area contributed by atoms with Gasteiger partial charge in [-0.25, -0.2) is 19.2 Å². The Morgan fingerprint density at radius 1 is 0.968 bits per heavy atom. The smallest absolute Gasteiger partial charge is 0.412 e. The van der Waals surface area contributed by atoms with E-state index in [0.29, 0.717) is 29.8 Å². The number of carbonyl (C=O) groups is 10. The molecule has 9 amide bonds. The fraction of sp³-hybridized carbons (Fsp3) is 0.569. The van der Waals surface area contributed by atoms with Gasteiger partial charge >= 0.3 is 24.2 Å². The van der Waals surface area contributed by atoms with Crippen molar-refractivity contribution in [3.8, 4) is 5.75 Å². The molecular weight excluding hydrogens is 1280 g/mol. The highest BCUT2D eigenvalue weighted by Crippen LogP contribution is 2.49. The van der Waals surface area contributed by atoms with E-state index < -0.39 is 113 Å². The van der Waals surface area contributed by atoms with Gasteiger partial charge < -0.3 is 63.2 Å². The van der Waals surface area contributed by atoms with Gasteiger partial charge in [-0.15, -0.1) is 0 Å². The van der Waals surface area contributed by atoms with E-state index in [1.165, 1.54) is 92.8 Å². The maximum atomic E-state index is 14.5. The lowest BCUT2D eigenvalue weighted by Gasteiger charge is -2.42. The van der Waals surface area contributed by atoms with Crippen LogP contribution >= 0.6 is 35.1 Å². The highest BCUT2D eigenvalue weighted by Gasteiger charge is 2.64. The number of nitrogens with one attached hydrogen (secondary N) is 3.